The third-order valence-electron chi connectivity index (χ3n) is 8.08. The number of aromatic nitrogens is 3. The third kappa shape index (κ3) is 3.76. The summed E-state index contributed by atoms with van der Waals surface area (Å²) in [7, 11) is 1.57. The molecule has 5 heterocycles. The number of benzene rings is 1. The van der Waals surface area contributed by atoms with Crippen LogP contribution in [0, 0.1) is 11.7 Å². The minimum atomic E-state index is -3.13. The number of morpholine rings is 1. The number of halogens is 3. The molecular formula is C26H27F3N6O3. The number of fused-ring (bicyclic) bond motifs is 5. The number of rotatable bonds is 4. The van der Waals surface area contributed by atoms with Gasteiger partial charge in [-0.2, -0.15) is 4.98 Å². The van der Waals surface area contributed by atoms with E-state index in [9.17, 15) is 18.0 Å². The first kappa shape index (κ1) is 23.6. The zero-order valence-electron chi connectivity index (χ0n) is 20.7. The first-order chi connectivity index (χ1) is 18.3. The summed E-state index contributed by atoms with van der Waals surface area (Å²) in [4.78, 5) is 23.8. The molecule has 0 spiro atoms. The van der Waals surface area contributed by atoms with E-state index in [1.165, 1.54) is 4.57 Å². The Morgan fingerprint density at radius 3 is 2.66 bits per heavy atom. The molecule has 2 unspecified atom stereocenters. The first-order valence-electron chi connectivity index (χ1n) is 12.9. The van der Waals surface area contributed by atoms with E-state index in [-0.39, 0.29) is 35.3 Å². The summed E-state index contributed by atoms with van der Waals surface area (Å²) in [6.45, 7) is 0.306. The summed E-state index contributed by atoms with van der Waals surface area (Å²) in [6, 6.07) is 4.26. The molecule has 2 N–H and O–H groups in total. The van der Waals surface area contributed by atoms with E-state index in [1.807, 2.05) is 0 Å². The summed E-state index contributed by atoms with van der Waals surface area (Å²) < 4.78 is 57.1. The molecule has 1 aliphatic carbocycles. The molecule has 0 radical (unpaired) electrons. The minimum absolute atomic E-state index is 0.00255. The van der Waals surface area contributed by atoms with Gasteiger partial charge in [0.2, 0.25) is 11.7 Å². The van der Waals surface area contributed by atoms with Gasteiger partial charge in [0.15, 0.2) is 18.2 Å². The van der Waals surface area contributed by atoms with Gasteiger partial charge in [-0.3, -0.25) is 4.79 Å². The van der Waals surface area contributed by atoms with Crippen LogP contribution in [0.5, 0.6) is 5.75 Å². The highest BCUT2D eigenvalue weighted by atomic mass is 19.3. The van der Waals surface area contributed by atoms with E-state index in [0.717, 1.165) is 19.0 Å². The van der Waals surface area contributed by atoms with E-state index in [1.54, 1.807) is 25.2 Å². The second-order valence-corrected chi connectivity index (χ2v) is 10.6. The molecule has 1 saturated carbocycles. The average Bonchev–Trinajstić information content (AvgIpc) is 3.71. The summed E-state index contributed by atoms with van der Waals surface area (Å²) in [6.07, 6.45) is 4.47. The number of nitrogens with one attached hydrogen (secondary N) is 2. The van der Waals surface area contributed by atoms with E-state index < -0.39 is 29.9 Å². The largest absolute Gasteiger partial charge is 0.480 e. The molecule has 2 aromatic heterocycles. The van der Waals surface area contributed by atoms with E-state index in [0.29, 0.717) is 48.6 Å². The number of hydrogen-bond donors (Lipinski definition) is 2. The molecule has 0 amide bonds. The Kier molecular flexibility index (Phi) is 5.26. The number of ether oxygens (including phenoxy) is 2. The number of anilines is 4. The van der Waals surface area contributed by atoms with E-state index in [4.69, 9.17) is 9.47 Å². The molecule has 7 rings (SSSR count). The van der Waals surface area contributed by atoms with Crippen molar-refractivity contribution in [1.29, 1.82) is 0 Å². The van der Waals surface area contributed by atoms with Crippen LogP contribution in [0.2, 0.25) is 0 Å². The van der Waals surface area contributed by atoms with Crippen molar-refractivity contribution in [2.24, 2.45) is 13.0 Å². The summed E-state index contributed by atoms with van der Waals surface area (Å²) in [5.74, 6) is -3.65. The van der Waals surface area contributed by atoms with Gasteiger partial charge in [-0.25, -0.2) is 18.2 Å². The highest BCUT2D eigenvalue weighted by Crippen LogP contribution is 2.45. The number of nitrogens with zero attached hydrogens (tertiary/aromatic N) is 4. The van der Waals surface area contributed by atoms with Crippen LogP contribution in [0.4, 0.5) is 36.3 Å². The molecule has 3 aliphatic heterocycles. The number of alkyl halides is 2. The average molecular weight is 529 g/mol. The van der Waals surface area contributed by atoms with Crippen molar-refractivity contribution in [3.8, 4) is 5.75 Å². The lowest BCUT2D eigenvalue weighted by Crippen LogP contribution is -2.46. The fraction of sp³-hybridized carbons (Fsp3) is 0.500. The molecule has 2 saturated heterocycles. The molecule has 2 bridgehead atoms. The van der Waals surface area contributed by atoms with Gasteiger partial charge >= 0.3 is 5.92 Å². The van der Waals surface area contributed by atoms with Gasteiger partial charge in [0, 0.05) is 18.1 Å². The van der Waals surface area contributed by atoms with Gasteiger partial charge in [0.25, 0.3) is 5.56 Å². The Hall–Kier alpha value is -3.54. The normalized spacial score (nSPS) is 25.9. The standard InChI is InChI=1S/C26H27F3N6O3/c1-34-19-7-4-14(31-23-18(27)9-30-25(33-23)35-15-5-6-16(35)11-37-10-15)8-17(19)20-21(24(34)36)38-12-26(28,29)22(32-20)13-2-3-13/h4,7-9,13,15-16,22,32H,2-3,5-6,10-12H2,1H3,(H,30,31,33)/t15?,16?,22-/m0/s1. The molecule has 200 valence electrons. The van der Waals surface area contributed by atoms with E-state index >= 15 is 0 Å². The first-order valence-corrected chi connectivity index (χ1v) is 12.9. The van der Waals surface area contributed by atoms with Crippen LogP contribution < -0.4 is 25.8 Å². The smallest absolute Gasteiger partial charge is 0.301 e. The molecular weight excluding hydrogens is 501 g/mol. The van der Waals surface area contributed by atoms with Gasteiger partial charge in [0.05, 0.1) is 48.7 Å². The molecule has 3 atom stereocenters. The molecule has 3 fully saturated rings. The second-order valence-electron chi connectivity index (χ2n) is 10.6. The lowest BCUT2D eigenvalue weighted by molar-refractivity contribution is -0.0579. The third-order valence-corrected chi connectivity index (χ3v) is 8.08. The molecule has 1 aromatic carbocycles. The van der Waals surface area contributed by atoms with Crippen LogP contribution in [-0.2, 0) is 11.8 Å². The van der Waals surface area contributed by atoms with Crippen molar-refractivity contribution in [2.75, 3.05) is 35.4 Å². The lowest BCUT2D eigenvalue weighted by atomic mass is 10.0. The van der Waals surface area contributed by atoms with Gasteiger partial charge in [-0.05, 0) is 49.8 Å². The van der Waals surface area contributed by atoms with Crippen LogP contribution >= 0.6 is 0 Å². The predicted octanol–water partition coefficient (Wildman–Crippen LogP) is 3.80. The van der Waals surface area contributed by atoms with Crippen molar-refractivity contribution < 1.29 is 22.6 Å². The SMILES string of the molecule is Cn1c(=O)c2c(c3cc(Nc4nc(N5C6CCC5COC6)ncc4F)ccc31)N[C@@H](C1CC1)C(F)(F)CO2. The summed E-state index contributed by atoms with van der Waals surface area (Å²) in [5.41, 5.74) is 0.741. The van der Waals surface area contributed by atoms with Crippen LogP contribution in [0.1, 0.15) is 25.7 Å². The summed E-state index contributed by atoms with van der Waals surface area (Å²) >= 11 is 0. The number of hydrogen-bond acceptors (Lipinski definition) is 8. The Morgan fingerprint density at radius 1 is 1.16 bits per heavy atom. The molecule has 3 aromatic rings. The predicted molar refractivity (Wildman–Crippen MR) is 135 cm³/mol. The van der Waals surface area contributed by atoms with Crippen molar-refractivity contribution >= 4 is 34.0 Å². The Morgan fingerprint density at radius 2 is 1.92 bits per heavy atom. The second kappa shape index (κ2) is 8.48. The maximum Gasteiger partial charge on any atom is 0.301 e. The number of aryl methyl sites for hydroxylation is 1. The van der Waals surface area contributed by atoms with Crippen LogP contribution in [0.15, 0.2) is 29.2 Å². The summed E-state index contributed by atoms with van der Waals surface area (Å²) in [5, 5.41) is 6.50. The van der Waals surface area contributed by atoms with Gasteiger partial charge in [-0.15, -0.1) is 0 Å². The van der Waals surface area contributed by atoms with Crippen LogP contribution in [-0.4, -0.2) is 58.4 Å². The van der Waals surface area contributed by atoms with Gasteiger partial charge < -0.3 is 29.6 Å². The molecule has 38 heavy (non-hydrogen) atoms. The maximum absolute atomic E-state index is 14.9. The Bertz CT molecular complexity index is 1480. The maximum atomic E-state index is 14.9. The van der Waals surface area contributed by atoms with Crippen molar-refractivity contribution in [2.45, 2.75) is 49.7 Å². The zero-order chi connectivity index (χ0) is 26.2. The van der Waals surface area contributed by atoms with Crippen LogP contribution in [0.3, 0.4) is 0 Å². The minimum Gasteiger partial charge on any atom is -0.480 e. The Labute approximate surface area is 216 Å². The van der Waals surface area contributed by atoms with Crippen LogP contribution in [0.25, 0.3) is 10.9 Å². The lowest BCUT2D eigenvalue weighted by Gasteiger charge is -2.34. The highest BCUT2D eigenvalue weighted by molar-refractivity contribution is 5.97. The molecule has 4 aliphatic rings. The topological polar surface area (TPSA) is 93.5 Å². The Balaban J connectivity index is 1.28. The fourth-order valence-corrected chi connectivity index (χ4v) is 5.95. The van der Waals surface area contributed by atoms with Gasteiger partial charge in [0.1, 0.15) is 0 Å². The zero-order valence-corrected chi connectivity index (χ0v) is 20.7. The molecule has 9 nitrogen and oxygen atoms in total. The highest BCUT2D eigenvalue weighted by Gasteiger charge is 2.51. The fourth-order valence-electron chi connectivity index (χ4n) is 5.95. The van der Waals surface area contributed by atoms with Crippen molar-refractivity contribution in [1.82, 2.24) is 14.5 Å². The quantitative estimate of drug-likeness (QED) is 0.529. The van der Waals surface area contributed by atoms with Gasteiger partial charge in [-0.1, -0.05) is 0 Å². The van der Waals surface area contributed by atoms with Crippen molar-refractivity contribution in [3.63, 3.8) is 0 Å². The monoisotopic (exact) mass is 528 g/mol. The van der Waals surface area contributed by atoms with E-state index in [2.05, 4.69) is 25.5 Å². The molecule has 12 heteroatoms. The van der Waals surface area contributed by atoms with Crippen molar-refractivity contribution in [3.05, 3.63) is 40.6 Å². The number of pyridine rings is 1.